The van der Waals surface area contributed by atoms with Gasteiger partial charge in [0.05, 0.1) is 22.1 Å². The first-order valence-corrected chi connectivity index (χ1v) is 9.56. The molecular formula is C17H16Cl2N4O2S. The van der Waals surface area contributed by atoms with E-state index >= 15 is 0 Å². The Morgan fingerprint density at radius 3 is 2.73 bits per heavy atom. The van der Waals surface area contributed by atoms with Gasteiger partial charge < -0.3 is 9.73 Å². The normalized spacial score (nSPS) is 11.1. The average Bonchev–Trinajstić information content (AvgIpc) is 3.25. The Kier molecular flexibility index (Phi) is 5.90. The molecule has 26 heavy (non-hydrogen) atoms. The van der Waals surface area contributed by atoms with Crippen molar-refractivity contribution in [1.82, 2.24) is 14.8 Å². The first kappa shape index (κ1) is 18.8. The highest BCUT2D eigenvalue weighted by molar-refractivity contribution is 7.99. The van der Waals surface area contributed by atoms with Crippen LogP contribution in [0.2, 0.25) is 10.0 Å². The van der Waals surface area contributed by atoms with Crippen LogP contribution >= 0.6 is 35.0 Å². The minimum absolute atomic E-state index is 0.116. The molecule has 3 rings (SSSR count). The molecule has 0 radical (unpaired) electrons. The number of amides is 1. The molecule has 0 atom stereocenters. The molecule has 136 valence electrons. The number of nitrogens with one attached hydrogen (secondary N) is 1. The molecule has 1 amide bonds. The summed E-state index contributed by atoms with van der Waals surface area (Å²) in [6, 6.07) is 8.68. The molecule has 0 aliphatic rings. The summed E-state index contributed by atoms with van der Waals surface area (Å²) >= 11 is 13.1. The van der Waals surface area contributed by atoms with E-state index in [-0.39, 0.29) is 17.7 Å². The Hall–Kier alpha value is -1.96. The Balaban J connectivity index is 1.69. The molecule has 0 saturated carbocycles. The monoisotopic (exact) mass is 410 g/mol. The zero-order valence-corrected chi connectivity index (χ0v) is 16.4. The Morgan fingerprint density at radius 1 is 1.27 bits per heavy atom. The number of carbonyl (C=O) groups is 1. The van der Waals surface area contributed by atoms with Gasteiger partial charge in [-0.05, 0) is 44.2 Å². The van der Waals surface area contributed by atoms with Gasteiger partial charge in [0.25, 0.3) is 0 Å². The van der Waals surface area contributed by atoms with E-state index in [1.807, 2.05) is 24.5 Å². The van der Waals surface area contributed by atoms with Crippen molar-refractivity contribution in [3.05, 3.63) is 46.6 Å². The lowest BCUT2D eigenvalue weighted by Gasteiger charge is -2.12. The van der Waals surface area contributed by atoms with Crippen molar-refractivity contribution in [1.29, 1.82) is 0 Å². The van der Waals surface area contributed by atoms with Crippen LogP contribution in [0, 0.1) is 0 Å². The van der Waals surface area contributed by atoms with Gasteiger partial charge in [-0.2, -0.15) is 0 Å². The van der Waals surface area contributed by atoms with Gasteiger partial charge in [-0.1, -0.05) is 35.0 Å². The van der Waals surface area contributed by atoms with Crippen LogP contribution in [0.4, 0.5) is 5.69 Å². The first-order chi connectivity index (χ1) is 12.5. The van der Waals surface area contributed by atoms with E-state index in [2.05, 4.69) is 15.5 Å². The maximum atomic E-state index is 12.2. The standard InChI is InChI=1S/C17H16Cl2N4O2S/c1-10(2)23-16(14-4-3-7-25-14)21-22-17(23)26-9-15(24)20-11-5-6-12(18)13(19)8-11/h3-8,10H,9H2,1-2H3,(H,20,24). The largest absolute Gasteiger partial charge is 0.461 e. The van der Waals surface area contributed by atoms with Crippen molar-refractivity contribution in [2.24, 2.45) is 0 Å². The number of benzene rings is 1. The number of carbonyl (C=O) groups excluding carboxylic acids is 1. The fourth-order valence-corrected chi connectivity index (χ4v) is 3.48. The van der Waals surface area contributed by atoms with Crippen LogP contribution in [0.5, 0.6) is 0 Å². The van der Waals surface area contributed by atoms with Crippen molar-refractivity contribution in [3.8, 4) is 11.6 Å². The summed E-state index contributed by atoms with van der Waals surface area (Å²) in [5.74, 6) is 1.28. The number of furan rings is 1. The first-order valence-electron chi connectivity index (χ1n) is 7.82. The fourth-order valence-electron chi connectivity index (χ4n) is 2.32. The highest BCUT2D eigenvalue weighted by Gasteiger charge is 2.19. The van der Waals surface area contributed by atoms with Gasteiger partial charge >= 0.3 is 0 Å². The molecule has 2 aromatic heterocycles. The molecule has 0 aliphatic carbocycles. The van der Waals surface area contributed by atoms with E-state index in [0.29, 0.717) is 32.5 Å². The SMILES string of the molecule is CC(C)n1c(SCC(=O)Nc2ccc(Cl)c(Cl)c2)nnc1-c1ccco1. The lowest BCUT2D eigenvalue weighted by molar-refractivity contribution is -0.113. The van der Waals surface area contributed by atoms with Gasteiger partial charge in [0.2, 0.25) is 11.7 Å². The predicted molar refractivity (Wildman–Crippen MR) is 104 cm³/mol. The van der Waals surface area contributed by atoms with E-state index in [1.54, 1.807) is 30.5 Å². The van der Waals surface area contributed by atoms with Crippen molar-refractivity contribution in [2.45, 2.75) is 25.0 Å². The number of nitrogens with zero attached hydrogens (tertiary/aromatic N) is 3. The second-order valence-electron chi connectivity index (χ2n) is 5.71. The molecule has 1 aromatic carbocycles. The summed E-state index contributed by atoms with van der Waals surface area (Å²) in [4.78, 5) is 12.2. The third-order valence-electron chi connectivity index (χ3n) is 3.46. The molecule has 0 aliphatic heterocycles. The second-order valence-corrected chi connectivity index (χ2v) is 7.47. The maximum Gasteiger partial charge on any atom is 0.234 e. The summed E-state index contributed by atoms with van der Waals surface area (Å²) in [7, 11) is 0. The Labute approximate surface area is 164 Å². The predicted octanol–water partition coefficient (Wildman–Crippen LogP) is 5.16. The van der Waals surface area contributed by atoms with Crippen molar-refractivity contribution in [2.75, 3.05) is 11.1 Å². The topological polar surface area (TPSA) is 73.0 Å². The molecule has 2 heterocycles. The van der Waals surface area contributed by atoms with Gasteiger partial charge in [0, 0.05) is 11.7 Å². The zero-order valence-electron chi connectivity index (χ0n) is 14.1. The summed E-state index contributed by atoms with van der Waals surface area (Å²) in [6.07, 6.45) is 1.59. The molecule has 3 aromatic rings. The summed E-state index contributed by atoms with van der Waals surface area (Å²) in [6.45, 7) is 4.05. The molecule has 0 saturated heterocycles. The number of hydrogen-bond acceptors (Lipinski definition) is 5. The molecule has 1 N–H and O–H groups in total. The van der Waals surface area contributed by atoms with Crippen LogP contribution < -0.4 is 5.32 Å². The van der Waals surface area contributed by atoms with Crippen LogP contribution in [-0.2, 0) is 4.79 Å². The van der Waals surface area contributed by atoms with E-state index in [4.69, 9.17) is 27.6 Å². The summed E-state index contributed by atoms with van der Waals surface area (Å²) in [5.41, 5.74) is 0.589. The molecule has 6 nitrogen and oxygen atoms in total. The third-order valence-corrected chi connectivity index (χ3v) is 5.14. The van der Waals surface area contributed by atoms with Gasteiger partial charge in [-0.25, -0.2) is 0 Å². The molecule has 0 unspecified atom stereocenters. The van der Waals surface area contributed by atoms with Crippen molar-refractivity contribution >= 4 is 46.6 Å². The quantitative estimate of drug-likeness (QED) is 0.568. The maximum absolute atomic E-state index is 12.2. The number of aromatic nitrogens is 3. The lowest BCUT2D eigenvalue weighted by Crippen LogP contribution is -2.15. The molecule has 0 spiro atoms. The Bertz CT molecular complexity index is 910. The number of anilines is 1. The van der Waals surface area contributed by atoms with Gasteiger partial charge in [-0.3, -0.25) is 9.36 Å². The van der Waals surface area contributed by atoms with Crippen LogP contribution in [0.1, 0.15) is 19.9 Å². The van der Waals surface area contributed by atoms with Crippen molar-refractivity contribution < 1.29 is 9.21 Å². The minimum atomic E-state index is -0.175. The summed E-state index contributed by atoms with van der Waals surface area (Å²) in [5, 5.41) is 12.7. The number of halogens is 2. The van der Waals surface area contributed by atoms with E-state index < -0.39 is 0 Å². The van der Waals surface area contributed by atoms with Crippen LogP contribution in [0.25, 0.3) is 11.6 Å². The zero-order chi connectivity index (χ0) is 18.7. The molecule has 0 bridgehead atoms. The highest BCUT2D eigenvalue weighted by Crippen LogP contribution is 2.28. The van der Waals surface area contributed by atoms with Crippen molar-refractivity contribution in [3.63, 3.8) is 0 Å². The number of thioether (sulfide) groups is 1. The van der Waals surface area contributed by atoms with Crippen LogP contribution in [0.15, 0.2) is 46.2 Å². The van der Waals surface area contributed by atoms with Gasteiger partial charge in [0.1, 0.15) is 0 Å². The van der Waals surface area contributed by atoms with E-state index in [0.717, 1.165) is 0 Å². The second kappa shape index (κ2) is 8.16. The summed E-state index contributed by atoms with van der Waals surface area (Å²) < 4.78 is 7.35. The van der Waals surface area contributed by atoms with E-state index in [9.17, 15) is 4.79 Å². The number of hydrogen-bond donors (Lipinski definition) is 1. The average molecular weight is 411 g/mol. The number of rotatable bonds is 6. The smallest absolute Gasteiger partial charge is 0.234 e. The van der Waals surface area contributed by atoms with E-state index in [1.165, 1.54) is 11.8 Å². The highest BCUT2D eigenvalue weighted by atomic mass is 35.5. The lowest BCUT2D eigenvalue weighted by atomic mass is 10.3. The third kappa shape index (κ3) is 4.23. The van der Waals surface area contributed by atoms with Crippen LogP contribution in [-0.4, -0.2) is 26.4 Å². The minimum Gasteiger partial charge on any atom is -0.461 e. The molecule has 0 fully saturated rings. The van der Waals surface area contributed by atoms with Gasteiger partial charge in [0.15, 0.2) is 10.9 Å². The molecular weight excluding hydrogens is 395 g/mol. The van der Waals surface area contributed by atoms with Crippen LogP contribution in [0.3, 0.4) is 0 Å². The van der Waals surface area contributed by atoms with Gasteiger partial charge in [-0.15, -0.1) is 10.2 Å². The molecule has 9 heteroatoms. The Morgan fingerprint density at radius 2 is 2.08 bits per heavy atom. The fraction of sp³-hybridized carbons (Fsp3) is 0.235.